The summed E-state index contributed by atoms with van der Waals surface area (Å²) in [5.74, 6) is -0.899. The molecule has 1 aromatic carbocycles. The molecule has 188 valence electrons. The third-order valence-corrected chi connectivity index (χ3v) is 6.06. The number of aryl methyl sites for hydroxylation is 1. The molecule has 0 bridgehead atoms. The van der Waals surface area contributed by atoms with Crippen LogP contribution in [0.1, 0.15) is 55.9 Å². The zero-order chi connectivity index (χ0) is 25.5. The number of hydrogen-bond donors (Lipinski definition) is 2. The van der Waals surface area contributed by atoms with Gasteiger partial charge in [0.2, 0.25) is 17.7 Å². The van der Waals surface area contributed by atoms with Crippen molar-refractivity contribution in [2.45, 2.75) is 57.5 Å². The van der Waals surface area contributed by atoms with E-state index in [4.69, 9.17) is 4.52 Å². The summed E-state index contributed by atoms with van der Waals surface area (Å²) in [6, 6.07) is 9.27. The summed E-state index contributed by atoms with van der Waals surface area (Å²) in [5.41, 5.74) is 0.901. The Labute approximate surface area is 208 Å². The van der Waals surface area contributed by atoms with Crippen molar-refractivity contribution in [2.24, 2.45) is 0 Å². The standard InChI is InChI=1S/C26H28FN5O4/c1-17-16-22(31-36-17)30-23(33)10-11-24(34)32(21-8-6-19(27)7-9-21)25(18-12-14-28-15-13-18)26(35)29-20-4-2-3-5-20/h6-9,12-16,20,25H,2-5,10-11H2,1H3,(H,29,35)(H,30,31,33)/t25-/m0/s1. The summed E-state index contributed by atoms with van der Waals surface area (Å²) in [6.07, 6.45) is 6.59. The predicted molar refractivity (Wildman–Crippen MR) is 130 cm³/mol. The quantitative estimate of drug-likeness (QED) is 0.464. The molecule has 1 saturated carbocycles. The topological polar surface area (TPSA) is 117 Å². The number of nitrogens with one attached hydrogen (secondary N) is 2. The molecule has 0 radical (unpaired) electrons. The molecule has 3 amide bonds. The van der Waals surface area contributed by atoms with E-state index in [9.17, 15) is 18.8 Å². The number of benzene rings is 1. The van der Waals surface area contributed by atoms with E-state index in [-0.39, 0.29) is 30.6 Å². The Morgan fingerprint density at radius 1 is 1.08 bits per heavy atom. The van der Waals surface area contributed by atoms with Gasteiger partial charge in [-0.2, -0.15) is 0 Å². The third kappa shape index (κ3) is 6.32. The molecule has 2 N–H and O–H groups in total. The van der Waals surface area contributed by atoms with Crippen LogP contribution in [0, 0.1) is 12.7 Å². The molecule has 2 heterocycles. The summed E-state index contributed by atoms with van der Waals surface area (Å²) in [4.78, 5) is 44.9. The number of carbonyl (C=O) groups is 3. The molecule has 0 aliphatic heterocycles. The molecule has 10 heteroatoms. The van der Waals surface area contributed by atoms with Crippen LogP contribution < -0.4 is 15.5 Å². The van der Waals surface area contributed by atoms with Gasteiger partial charge in [-0.25, -0.2) is 4.39 Å². The van der Waals surface area contributed by atoms with Crippen molar-refractivity contribution in [3.05, 3.63) is 72.0 Å². The average Bonchev–Trinajstić information content (AvgIpc) is 3.53. The fourth-order valence-electron chi connectivity index (χ4n) is 4.32. The minimum Gasteiger partial charge on any atom is -0.360 e. The zero-order valence-electron chi connectivity index (χ0n) is 19.9. The number of aromatic nitrogens is 2. The van der Waals surface area contributed by atoms with E-state index >= 15 is 0 Å². The molecule has 36 heavy (non-hydrogen) atoms. The maximum atomic E-state index is 13.7. The lowest BCUT2D eigenvalue weighted by Crippen LogP contribution is -2.46. The van der Waals surface area contributed by atoms with E-state index in [1.54, 1.807) is 37.5 Å². The molecule has 3 aromatic rings. The zero-order valence-corrected chi connectivity index (χ0v) is 19.9. The molecule has 1 aliphatic rings. The van der Waals surface area contributed by atoms with Crippen molar-refractivity contribution >= 4 is 29.2 Å². The van der Waals surface area contributed by atoms with Crippen LogP contribution in [-0.2, 0) is 14.4 Å². The van der Waals surface area contributed by atoms with Crippen LogP contribution in [0.3, 0.4) is 0 Å². The van der Waals surface area contributed by atoms with Crippen molar-refractivity contribution in [1.82, 2.24) is 15.5 Å². The number of carbonyl (C=O) groups excluding carboxylic acids is 3. The van der Waals surface area contributed by atoms with Gasteiger partial charge in [0.1, 0.15) is 17.6 Å². The second-order valence-electron chi connectivity index (χ2n) is 8.78. The van der Waals surface area contributed by atoms with Gasteiger partial charge in [-0.15, -0.1) is 0 Å². The smallest absolute Gasteiger partial charge is 0.248 e. The van der Waals surface area contributed by atoms with Crippen molar-refractivity contribution in [1.29, 1.82) is 0 Å². The van der Waals surface area contributed by atoms with Crippen LogP contribution >= 0.6 is 0 Å². The van der Waals surface area contributed by atoms with Crippen LogP contribution in [0.2, 0.25) is 0 Å². The van der Waals surface area contributed by atoms with E-state index in [0.29, 0.717) is 17.0 Å². The van der Waals surface area contributed by atoms with Crippen LogP contribution in [0.15, 0.2) is 59.4 Å². The maximum absolute atomic E-state index is 13.7. The molecule has 9 nitrogen and oxygen atoms in total. The Bertz CT molecular complexity index is 1190. The number of rotatable bonds is 9. The maximum Gasteiger partial charge on any atom is 0.248 e. The van der Waals surface area contributed by atoms with Gasteiger partial charge in [0.15, 0.2) is 5.82 Å². The Balaban J connectivity index is 1.59. The SMILES string of the molecule is Cc1cc(NC(=O)CCC(=O)N(c2ccc(F)cc2)[C@H](C(=O)NC2CCCC2)c2ccncc2)no1. The highest BCUT2D eigenvalue weighted by molar-refractivity contribution is 6.03. The van der Waals surface area contributed by atoms with Gasteiger partial charge < -0.3 is 15.2 Å². The lowest BCUT2D eigenvalue weighted by molar-refractivity contribution is -0.127. The van der Waals surface area contributed by atoms with Crippen molar-refractivity contribution in [3.8, 4) is 0 Å². The first-order valence-corrected chi connectivity index (χ1v) is 11.9. The van der Waals surface area contributed by atoms with Gasteiger partial charge in [-0.05, 0) is 61.7 Å². The number of amides is 3. The van der Waals surface area contributed by atoms with Gasteiger partial charge in [0.05, 0.1) is 0 Å². The van der Waals surface area contributed by atoms with Crippen LogP contribution in [0.4, 0.5) is 15.9 Å². The van der Waals surface area contributed by atoms with E-state index in [1.165, 1.54) is 29.2 Å². The average molecular weight is 494 g/mol. The van der Waals surface area contributed by atoms with E-state index < -0.39 is 23.7 Å². The molecule has 0 unspecified atom stereocenters. The highest BCUT2D eigenvalue weighted by Gasteiger charge is 2.34. The Morgan fingerprint density at radius 3 is 2.42 bits per heavy atom. The van der Waals surface area contributed by atoms with E-state index in [1.807, 2.05) is 0 Å². The summed E-state index contributed by atoms with van der Waals surface area (Å²) in [6.45, 7) is 1.70. The Morgan fingerprint density at radius 2 is 1.78 bits per heavy atom. The highest BCUT2D eigenvalue weighted by Crippen LogP contribution is 2.30. The minimum atomic E-state index is -1.02. The Kier molecular flexibility index (Phi) is 8.04. The molecule has 0 saturated heterocycles. The van der Waals surface area contributed by atoms with E-state index in [2.05, 4.69) is 20.8 Å². The second kappa shape index (κ2) is 11.6. The number of halogens is 1. The van der Waals surface area contributed by atoms with Gasteiger partial charge in [0, 0.05) is 43.0 Å². The normalized spacial score (nSPS) is 14.3. The molecule has 1 fully saturated rings. The monoisotopic (exact) mass is 493 g/mol. The largest absolute Gasteiger partial charge is 0.360 e. The molecule has 1 aliphatic carbocycles. The van der Waals surface area contributed by atoms with Crippen LogP contribution in [0.5, 0.6) is 0 Å². The summed E-state index contributed by atoms with van der Waals surface area (Å²) in [5, 5.41) is 9.37. The van der Waals surface area contributed by atoms with Crippen molar-refractivity contribution < 1.29 is 23.3 Å². The number of anilines is 2. The Hall–Kier alpha value is -4.08. The molecule has 4 rings (SSSR count). The molecule has 0 spiro atoms. The molecule has 1 atom stereocenters. The van der Waals surface area contributed by atoms with Crippen LogP contribution in [-0.4, -0.2) is 33.9 Å². The van der Waals surface area contributed by atoms with Gasteiger partial charge in [-0.3, -0.25) is 24.3 Å². The summed E-state index contributed by atoms with van der Waals surface area (Å²) >= 11 is 0. The third-order valence-electron chi connectivity index (χ3n) is 6.06. The first kappa shape index (κ1) is 25.0. The predicted octanol–water partition coefficient (Wildman–Crippen LogP) is 4.07. The van der Waals surface area contributed by atoms with Gasteiger partial charge >= 0.3 is 0 Å². The van der Waals surface area contributed by atoms with Crippen molar-refractivity contribution in [2.75, 3.05) is 10.2 Å². The second-order valence-corrected chi connectivity index (χ2v) is 8.78. The van der Waals surface area contributed by atoms with Crippen LogP contribution in [0.25, 0.3) is 0 Å². The first-order valence-electron chi connectivity index (χ1n) is 11.9. The van der Waals surface area contributed by atoms with E-state index in [0.717, 1.165) is 25.7 Å². The first-order chi connectivity index (χ1) is 17.4. The number of pyridine rings is 1. The van der Waals surface area contributed by atoms with Gasteiger partial charge in [-0.1, -0.05) is 18.0 Å². The van der Waals surface area contributed by atoms with Gasteiger partial charge in [0.25, 0.3) is 0 Å². The lowest BCUT2D eigenvalue weighted by atomic mass is 10.0. The minimum absolute atomic E-state index is 0.0312. The molecule has 2 aromatic heterocycles. The fraction of sp³-hybridized carbons (Fsp3) is 0.346. The molecular weight excluding hydrogens is 465 g/mol. The lowest BCUT2D eigenvalue weighted by Gasteiger charge is -2.32. The number of nitrogens with zero attached hydrogens (tertiary/aromatic N) is 3. The highest BCUT2D eigenvalue weighted by atomic mass is 19.1. The van der Waals surface area contributed by atoms with Crippen molar-refractivity contribution in [3.63, 3.8) is 0 Å². The fourth-order valence-corrected chi connectivity index (χ4v) is 4.32. The summed E-state index contributed by atoms with van der Waals surface area (Å²) < 4.78 is 18.6. The molecular formula is C26H28FN5O4. The number of hydrogen-bond acceptors (Lipinski definition) is 6. The summed E-state index contributed by atoms with van der Waals surface area (Å²) in [7, 11) is 0.